The van der Waals surface area contributed by atoms with Gasteiger partial charge in [-0.25, -0.2) is 0 Å². The minimum atomic E-state index is -4.66. The first kappa shape index (κ1) is 20.3. The van der Waals surface area contributed by atoms with Crippen LogP contribution in [0.3, 0.4) is 0 Å². The molecule has 0 radical (unpaired) electrons. The van der Waals surface area contributed by atoms with Crippen molar-refractivity contribution in [3.63, 3.8) is 0 Å². The maximum Gasteiger partial charge on any atom is 0.436 e. The molecule has 6 nitrogen and oxygen atoms in total. The van der Waals surface area contributed by atoms with Crippen LogP contribution in [0.2, 0.25) is 5.02 Å². The lowest BCUT2D eigenvalue weighted by molar-refractivity contribution is -0.142. The maximum atomic E-state index is 12.9. The number of alkyl halides is 3. The lowest BCUT2D eigenvalue weighted by Crippen LogP contribution is -2.49. The van der Waals surface area contributed by atoms with Gasteiger partial charge in [-0.3, -0.25) is 9.48 Å². The predicted molar refractivity (Wildman–Crippen MR) is 98.8 cm³/mol. The van der Waals surface area contributed by atoms with Crippen LogP contribution in [-0.4, -0.2) is 53.9 Å². The zero-order valence-corrected chi connectivity index (χ0v) is 16.2. The lowest BCUT2D eigenvalue weighted by Gasteiger charge is -2.36. The molecule has 1 aromatic carbocycles. The number of hydrogen-bond acceptors (Lipinski definition) is 4. The molecule has 0 bridgehead atoms. The molecule has 0 atom stereocenters. The van der Waals surface area contributed by atoms with Crippen LogP contribution in [0, 0.1) is 6.92 Å². The summed E-state index contributed by atoms with van der Waals surface area (Å²) in [5.41, 5.74) is -0.0999. The first-order valence-electron chi connectivity index (χ1n) is 8.68. The quantitative estimate of drug-likeness (QED) is 0.768. The standard InChI is InChI=1S/C18H20ClF3N4O2/c1-12-16(19)17(18(20,21)22)23-26(12)11-15(27)25-9-7-24(8-10-25)13-5-3-4-6-14(13)28-2/h3-6H,7-11H2,1-2H3. The molecule has 1 amide bonds. The SMILES string of the molecule is COc1ccccc1N1CCN(C(=O)Cn2nc(C(F)(F)F)c(Cl)c2C)CC1. The number of halogens is 4. The number of methoxy groups -OCH3 is 1. The van der Waals surface area contributed by atoms with E-state index in [1.165, 1.54) is 6.92 Å². The van der Waals surface area contributed by atoms with Crippen LogP contribution in [0.4, 0.5) is 18.9 Å². The van der Waals surface area contributed by atoms with E-state index in [1.807, 2.05) is 24.3 Å². The Morgan fingerprint density at radius 3 is 2.43 bits per heavy atom. The Morgan fingerprint density at radius 2 is 1.86 bits per heavy atom. The summed E-state index contributed by atoms with van der Waals surface area (Å²) in [6, 6.07) is 7.62. The van der Waals surface area contributed by atoms with E-state index >= 15 is 0 Å². The molecule has 1 aromatic heterocycles. The Morgan fingerprint density at radius 1 is 1.21 bits per heavy atom. The molecule has 2 aromatic rings. The number of para-hydroxylation sites is 2. The summed E-state index contributed by atoms with van der Waals surface area (Å²) in [5, 5.41) is 3.01. The molecule has 3 rings (SSSR count). The van der Waals surface area contributed by atoms with Gasteiger partial charge in [0.25, 0.3) is 0 Å². The molecule has 28 heavy (non-hydrogen) atoms. The van der Waals surface area contributed by atoms with E-state index in [0.717, 1.165) is 16.1 Å². The number of rotatable bonds is 4. The van der Waals surface area contributed by atoms with Crippen LogP contribution in [0.15, 0.2) is 24.3 Å². The first-order valence-corrected chi connectivity index (χ1v) is 9.06. The van der Waals surface area contributed by atoms with E-state index in [2.05, 4.69) is 10.00 Å². The number of aromatic nitrogens is 2. The van der Waals surface area contributed by atoms with Gasteiger partial charge in [0.05, 0.1) is 23.5 Å². The summed E-state index contributed by atoms with van der Waals surface area (Å²) < 4.78 is 45.2. The molecule has 0 saturated carbocycles. The summed E-state index contributed by atoms with van der Waals surface area (Å²) >= 11 is 5.74. The molecule has 1 saturated heterocycles. The molecule has 0 aliphatic carbocycles. The van der Waals surface area contributed by atoms with Crippen molar-refractivity contribution in [2.45, 2.75) is 19.6 Å². The van der Waals surface area contributed by atoms with Crippen molar-refractivity contribution in [1.29, 1.82) is 0 Å². The zero-order valence-electron chi connectivity index (χ0n) is 15.5. The number of carbonyl (C=O) groups excluding carboxylic acids is 1. The highest BCUT2D eigenvalue weighted by Gasteiger charge is 2.38. The van der Waals surface area contributed by atoms with Crippen molar-refractivity contribution in [1.82, 2.24) is 14.7 Å². The van der Waals surface area contributed by atoms with Gasteiger partial charge in [0.1, 0.15) is 12.3 Å². The minimum absolute atomic E-state index is 0.120. The monoisotopic (exact) mass is 416 g/mol. The summed E-state index contributed by atoms with van der Waals surface area (Å²) in [6.07, 6.45) is -4.66. The smallest absolute Gasteiger partial charge is 0.436 e. The van der Waals surface area contributed by atoms with Crippen LogP contribution in [0.5, 0.6) is 5.75 Å². The van der Waals surface area contributed by atoms with Crippen molar-refractivity contribution in [2.24, 2.45) is 0 Å². The average Bonchev–Trinajstić information content (AvgIpc) is 2.96. The third-order valence-corrected chi connectivity index (χ3v) is 5.20. The number of hydrogen-bond donors (Lipinski definition) is 0. The number of benzene rings is 1. The van der Waals surface area contributed by atoms with E-state index in [1.54, 1.807) is 12.0 Å². The second kappa shape index (κ2) is 7.90. The van der Waals surface area contributed by atoms with E-state index in [-0.39, 0.29) is 18.1 Å². The number of anilines is 1. The van der Waals surface area contributed by atoms with Gasteiger partial charge in [0.2, 0.25) is 5.91 Å². The predicted octanol–water partition coefficient (Wildman–Crippen LogP) is 3.22. The van der Waals surface area contributed by atoms with Crippen molar-refractivity contribution >= 4 is 23.2 Å². The van der Waals surface area contributed by atoms with E-state index in [0.29, 0.717) is 26.2 Å². The molecule has 1 fully saturated rings. The highest BCUT2D eigenvalue weighted by molar-refractivity contribution is 6.32. The van der Waals surface area contributed by atoms with Gasteiger partial charge in [-0.1, -0.05) is 23.7 Å². The Bertz CT molecular complexity index is 861. The summed E-state index contributed by atoms with van der Waals surface area (Å²) in [7, 11) is 1.60. The lowest BCUT2D eigenvalue weighted by atomic mass is 10.2. The topological polar surface area (TPSA) is 50.6 Å². The molecule has 0 unspecified atom stereocenters. The van der Waals surface area contributed by atoms with Gasteiger partial charge < -0.3 is 14.5 Å². The largest absolute Gasteiger partial charge is 0.495 e. The molecule has 152 valence electrons. The number of ether oxygens (including phenoxy) is 1. The second-order valence-corrected chi connectivity index (χ2v) is 6.82. The third kappa shape index (κ3) is 4.04. The number of nitrogens with zero attached hydrogens (tertiary/aromatic N) is 4. The maximum absolute atomic E-state index is 12.9. The van der Waals surface area contributed by atoms with Crippen molar-refractivity contribution in [3.8, 4) is 5.75 Å². The van der Waals surface area contributed by atoms with Crippen molar-refractivity contribution in [3.05, 3.63) is 40.7 Å². The van der Waals surface area contributed by atoms with Gasteiger partial charge in [-0.05, 0) is 19.1 Å². The van der Waals surface area contributed by atoms with Crippen molar-refractivity contribution < 1.29 is 22.7 Å². The fraction of sp³-hybridized carbons (Fsp3) is 0.444. The molecular weight excluding hydrogens is 397 g/mol. The second-order valence-electron chi connectivity index (χ2n) is 6.44. The first-order chi connectivity index (χ1) is 13.2. The molecule has 2 heterocycles. The fourth-order valence-electron chi connectivity index (χ4n) is 3.18. The van der Waals surface area contributed by atoms with Crippen LogP contribution in [0.1, 0.15) is 11.4 Å². The molecule has 0 N–H and O–H groups in total. The van der Waals surface area contributed by atoms with Crippen LogP contribution in [-0.2, 0) is 17.5 Å². The Balaban J connectivity index is 1.65. The van der Waals surface area contributed by atoms with E-state index in [9.17, 15) is 18.0 Å². The Kier molecular flexibility index (Phi) is 5.74. The van der Waals surface area contributed by atoms with Crippen LogP contribution in [0.25, 0.3) is 0 Å². The molecule has 10 heteroatoms. The molecule has 1 aliphatic rings. The highest BCUT2D eigenvalue weighted by Crippen LogP contribution is 2.35. The minimum Gasteiger partial charge on any atom is -0.495 e. The fourth-order valence-corrected chi connectivity index (χ4v) is 3.42. The number of carbonyl (C=O) groups is 1. The van der Waals surface area contributed by atoms with Gasteiger partial charge in [-0.15, -0.1) is 0 Å². The average molecular weight is 417 g/mol. The van der Waals surface area contributed by atoms with Crippen LogP contribution < -0.4 is 9.64 Å². The van der Waals surface area contributed by atoms with Crippen molar-refractivity contribution in [2.75, 3.05) is 38.2 Å². The third-order valence-electron chi connectivity index (χ3n) is 4.75. The van der Waals surface area contributed by atoms with E-state index in [4.69, 9.17) is 16.3 Å². The number of amides is 1. The number of piperazine rings is 1. The van der Waals surface area contributed by atoms with Crippen LogP contribution >= 0.6 is 11.6 Å². The Labute approximate surface area is 165 Å². The normalized spacial score (nSPS) is 15.1. The van der Waals surface area contributed by atoms with E-state index < -0.39 is 16.9 Å². The molecular formula is C18H20ClF3N4O2. The summed E-state index contributed by atoms with van der Waals surface area (Å²) in [4.78, 5) is 16.3. The highest BCUT2D eigenvalue weighted by atomic mass is 35.5. The van der Waals surface area contributed by atoms with Gasteiger partial charge in [0.15, 0.2) is 5.69 Å². The van der Waals surface area contributed by atoms with Gasteiger partial charge in [0, 0.05) is 26.2 Å². The Hall–Kier alpha value is -2.42. The van der Waals surface area contributed by atoms with Gasteiger partial charge in [-0.2, -0.15) is 18.3 Å². The van der Waals surface area contributed by atoms with Gasteiger partial charge >= 0.3 is 6.18 Å². The molecule has 1 aliphatic heterocycles. The molecule has 0 spiro atoms. The zero-order chi connectivity index (χ0) is 20.5. The summed E-state index contributed by atoms with van der Waals surface area (Å²) in [6.45, 7) is 3.24. The summed E-state index contributed by atoms with van der Waals surface area (Å²) in [5.74, 6) is 0.458.